The molecule has 0 aromatic heterocycles. The van der Waals surface area contributed by atoms with Crippen molar-refractivity contribution < 1.29 is 22.7 Å². The minimum Gasteiger partial charge on any atom is -0.480 e. The van der Waals surface area contributed by atoms with Gasteiger partial charge < -0.3 is 5.11 Å². The van der Waals surface area contributed by atoms with E-state index in [9.17, 15) is 17.6 Å². The number of hydrogen-bond acceptors (Lipinski definition) is 3. The first-order valence-electron chi connectivity index (χ1n) is 3.97. The lowest BCUT2D eigenvalue weighted by atomic mass is 10.3. The molecule has 0 amide bonds. The van der Waals surface area contributed by atoms with Crippen molar-refractivity contribution in [3.8, 4) is 0 Å². The van der Waals surface area contributed by atoms with Crippen molar-refractivity contribution in [1.82, 2.24) is 0 Å². The zero-order chi connectivity index (χ0) is 12.3. The van der Waals surface area contributed by atoms with Gasteiger partial charge in [0.25, 0.3) is 0 Å². The molecule has 0 spiro atoms. The molecule has 0 atom stereocenters. The Hall–Kier alpha value is -1.15. The molecule has 0 unspecified atom stereocenters. The second-order valence-electron chi connectivity index (χ2n) is 2.88. The van der Waals surface area contributed by atoms with E-state index in [-0.39, 0.29) is 10.2 Å². The fourth-order valence-electron chi connectivity index (χ4n) is 0.938. The molecule has 5 nitrogen and oxygen atoms in total. The number of anilines is 1. The van der Waals surface area contributed by atoms with E-state index < -0.39 is 27.6 Å². The number of hydrogen-bond donors (Lipinski definition) is 2. The van der Waals surface area contributed by atoms with Crippen LogP contribution in [-0.4, -0.2) is 25.2 Å². The van der Waals surface area contributed by atoms with Crippen molar-refractivity contribution in [2.24, 2.45) is 0 Å². The van der Waals surface area contributed by atoms with E-state index in [1.54, 1.807) is 0 Å². The van der Waals surface area contributed by atoms with Crippen LogP contribution in [0.2, 0.25) is 0 Å². The Kier molecular flexibility index (Phi) is 3.87. The molecule has 0 saturated heterocycles. The fraction of sp³-hybridized carbons (Fsp3) is 0.125. The summed E-state index contributed by atoms with van der Waals surface area (Å²) in [5.74, 6) is -3.04. The molecule has 0 aliphatic heterocycles. The van der Waals surface area contributed by atoms with Crippen molar-refractivity contribution in [3.05, 3.63) is 28.5 Å². The summed E-state index contributed by atoms with van der Waals surface area (Å²) in [4.78, 5) is 10.2. The molecule has 0 aliphatic rings. The molecule has 8 heteroatoms. The van der Waals surface area contributed by atoms with Gasteiger partial charge in [-0.2, -0.15) is 0 Å². The van der Waals surface area contributed by atoms with Crippen molar-refractivity contribution in [1.29, 1.82) is 0 Å². The number of carboxylic acids is 1. The maximum absolute atomic E-state index is 12.8. The van der Waals surface area contributed by atoms with E-state index in [0.717, 1.165) is 6.07 Å². The number of nitrogens with one attached hydrogen (secondary N) is 1. The molecule has 0 bridgehead atoms. The third-order valence-electron chi connectivity index (χ3n) is 1.51. The number of halogens is 2. The van der Waals surface area contributed by atoms with Crippen molar-refractivity contribution in [2.45, 2.75) is 0 Å². The van der Waals surface area contributed by atoms with Gasteiger partial charge in [-0.3, -0.25) is 9.52 Å². The minimum absolute atomic E-state index is 0.0861. The summed E-state index contributed by atoms with van der Waals surface area (Å²) in [6.45, 7) is 0. The van der Waals surface area contributed by atoms with E-state index in [0.29, 0.717) is 0 Å². The number of benzene rings is 1. The first-order valence-corrected chi connectivity index (χ1v) is 6.42. The molecule has 1 aromatic carbocycles. The Bertz CT molecular complexity index is 517. The lowest BCUT2D eigenvalue weighted by Crippen LogP contribution is -2.22. The molecule has 0 aliphatic carbocycles. The summed E-state index contributed by atoms with van der Waals surface area (Å²) < 4.78 is 37.3. The Morgan fingerprint density at radius 1 is 1.50 bits per heavy atom. The second kappa shape index (κ2) is 4.79. The molecule has 1 aromatic rings. The van der Waals surface area contributed by atoms with Crippen LogP contribution < -0.4 is 4.72 Å². The fourth-order valence-corrected chi connectivity index (χ4v) is 2.20. The molecule has 2 N–H and O–H groups in total. The quantitative estimate of drug-likeness (QED) is 0.880. The van der Waals surface area contributed by atoms with Gasteiger partial charge in [-0.25, -0.2) is 12.8 Å². The predicted octanol–water partition coefficient (Wildman–Crippen LogP) is 1.41. The van der Waals surface area contributed by atoms with E-state index >= 15 is 0 Å². The third kappa shape index (κ3) is 3.78. The smallest absolute Gasteiger partial charge is 0.320 e. The topological polar surface area (TPSA) is 83.5 Å². The SMILES string of the molecule is O=C(O)CS(=O)(=O)Nc1ccc(F)c(Br)c1. The number of sulfonamides is 1. The van der Waals surface area contributed by atoms with Crippen LogP contribution in [0.15, 0.2) is 22.7 Å². The maximum Gasteiger partial charge on any atom is 0.320 e. The van der Waals surface area contributed by atoms with Crippen LogP contribution in [0.25, 0.3) is 0 Å². The van der Waals surface area contributed by atoms with Gasteiger partial charge in [-0.1, -0.05) is 0 Å². The number of carboxylic acid groups (broad SMARTS) is 1. The number of rotatable bonds is 4. The van der Waals surface area contributed by atoms with Crippen LogP contribution in [0.3, 0.4) is 0 Å². The van der Waals surface area contributed by atoms with Gasteiger partial charge in [0.05, 0.1) is 4.47 Å². The summed E-state index contributed by atoms with van der Waals surface area (Å²) in [7, 11) is -3.96. The van der Waals surface area contributed by atoms with Gasteiger partial charge in [-0.15, -0.1) is 0 Å². The molecule has 1 rings (SSSR count). The van der Waals surface area contributed by atoms with Crippen LogP contribution in [0.4, 0.5) is 10.1 Å². The van der Waals surface area contributed by atoms with E-state index in [4.69, 9.17) is 5.11 Å². The average Bonchev–Trinajstić information content (AvgIpc) is 2.08. The first-order chi connectivity index (χ1) is 7.30. The highest BCUT2D eigenvalue weighted by Gasteiger charge is 2.15. The summed E-state index contributed by atoms with van der Waals surface area (Å²) in [5.41, 5.74) is 0.0922. The highest BCUT2D eigenvalue weighted by atomic mass is 79.9. The predicted molar refractivity (Wildman–Crippen MR) is 59.1 cm³/mol. The van der Waals surface area contributed by atoms with Gasteiger partial charge in [0.2, 0.25) is 10.0 Å². The monoisotopic (exact) mass is 311 g/mol. The third-order valence-corrected chi connectivity index (χ3v) is 3.29. The van der Waals surface area contributed by atoms with Crippen LogP contribution in [0.5, 0.6) is 0 Å². The standard InChI is InChI=1S/C8H7BrFNO4S/c9-6-3-5(1-2-7(6)10)11-16(14,15)4-8(12)13/h1-3,11H,4H2,(H,12,13). The molecular formula is C8H7BrFNO4S. The van der Waals surface area contributed by atoms with Gasteiger partial charge in [0.1, 0.15) is 5.82 Å². The second-order valence-corrected chi connectivity index (χ2v) is 5.46. The molecule has 0 fully saturated rings. The molecule has 16 heavy (non-hydrogen) atoms. The normalized spacial score (nSPS) is 11.1. The van der Waals surface area contributed by atoms with Crippen molar-refractivity contribution in [2.75, 3.05) is 10.5 Å². The van der Waals surface area contributed by atoms with Gasteiger partial charge in [-0.05, 0) is 34.1 Å². The molecular weight excluding hydrogens is 305 g/mol. The van der Waals surface area contributed by atoms with Crippen LogP contribution in [-0.2, 0) is 14.8 Å². The Morgan fingerprint density at radius 3 is 2.62 bits per heavy atom. The lowest BCUT2D eigenvalue weighted by molar-refractivity contribution is -0.134. The summed E-state index contributed by atoms with van der Waals surface area (Å²) in [6, 6.07) is 3.46. The zero-order valence-electron chi connectivity index (χ0n) is 7.78. The highest BCUT2D eigenvalue weighted by molar-refractivity contribution is 9.10. The van der Waals surface area contributed by atoms with Crippen LogP contribution in [0.1, 0.15) is 0 Å². The summed E-state index contributed by atoms with van der Waals surface area (Å²) in [5, 5.41) is 8.34. The Morgan fingerprint density at radius 2 is 2.12 bits per heavy atom. The van der Waals surface area contributed by atoms with Gasteiger partial charge in [0, 0.05) is 5.69 Å². The minimum atomic E-state index is -3.96. The highest BCUT2D eigenvalue weighted by Crippen LogP contribution is 2.20. The first kappa shape index (κ1) is 12.9. The molecule has 0 radical (unpaired) electrons. The maximum atomic E-state index is 12.8. The largest absolute Gasteiger partial charge is 0.480 e. The average molecular weight is 312 g/mol. The molecule has 0 heterocycles. The molecule has 0 saturated carbocycles. The van der Waals surface area contributed by atoms with E-state index in [1.807, 2.05) is 4.72 Å². The van der Waals surface area contributed by atoms with Crippen molar-refractivity contribution in [3.63, 3.8) is 0 Å². The number of carbonyl (C=O) groups is 1. The van der Waals surface area contributed by atoms with E-state index in [1.165, 1.54) is 12.1 Å². The summed E-state index contributed by atoms with van der Waals surface area (Å²) >= 11 is 2.88. The van der Waals surface area contributed by atoms with Crippen LogP contribution >= 0.6 is 15.9 Å². The Balaban J connectivity index is 2.88. The zero-order valence-corrected chi connectivity index (χ0v) is 10.2. The van der Waals surface area contributed by atoms with Gasteiger partial charge >= 0.3 is 5.97 Å². The lowest BCUT2D eigenvalue weighted by Gasteiger charge is -2.06. The van der Waals surface area contributed by atoms with E-state index in [2.05, 4.69) is 15.9 Å². The molecule has 88 valence electrons. The van der Waals surface area contributed by atoms with Gasteiger partial charge in [0.15, 0.2) is 5.75 Å². The number of aliphatic carboxylic acids is 1. The van der Waals surface area contributed by atoms with Crippen LogP contribution in [0, 0.1) is 5.82 Å². The Labute approximate surface area is 99.5 Å². The van der Waals surface area contributed by atoms with Crippen molar-refractivity contribution >= 4 is 37.6 Å². The summed E-state index contributed by atoms with van der Waals surface area (Å²) in [6.07, 6.45) is 0.